The third kappa shape index (κ3) is 4.46. The van der Waals surface area contributed by atoms with Crippen LogP contribution in [0.25, 0.3) is 10.8 Å². The highest BCUT2D eigenvalue weighted by atomic mass is 16.5. The summed E-state index contributed by atoms with van der Waals surface area (Å²) in [5.41, 5.74) is 1.52. The fraction of sp³-hybridized carbons (Fsp3) is 0.250. The lowest BCUT2D eigenvalue weighted by Crippen LogP contribution is -2.24. The van der Waals surface area contributed by atoms with Crippen molar-refractivity contribution in [2.45, 2.75) is 19.3 Å². The van der Waals surface area contributed by atoms with Crippen LogP contribution in [0.3, 0.4) is 0 Å². The van der Waals surface area contributed by atoms with Crippen molar-refractivity contribution in [1.29, 1.82) is 0 Å². The zero-order chi connectivity index (χ0) is 22.0. The smallest absolute Gasteiger partial charge is 0.339 e. The minimum atomic E-state index is -1.02. The molecule has 0 aromatic heterocycles. The molecule has 160 valence electrons. The first kappa shape index (κ1) is 20.7. The molecule has 0 aliphatic carbocycles. The zero-order valence-corrected chi connectivity index (χ0v) is 16.9. The van der Waals surface area contributed by atoms with Gasteiger partial charge in [-0.25, -0.2) is 9.59 Å². The second-order valence-electron chi connectivity index (χ2n) is 7.72. The third-order valence-electron chi connectivity index (χ3n) is 5.59. The zero-order valence-electron chi connectivity index (χ0n) is 16.9. The summed E-state index contributed by atoms with van der Waals surface area (Å²) in [6.07, 6.45) is 2.41. The number of aromatic hydroxyl groups is 2. The van der Waals surface area contributed by atoms with Gasteiger partial charge in [-0.05, 0) is 54.1 Å². The standard InChI is InChI=1S/C24H23NO6/c26-21-13-17-7-8-18(24(30)31-14-25-9-1-2-10-25)12-19(17)22(27)20(21)11-15-3-5-16(6-4-15)23(28)29/h3-8,12-13,26-27H,1-2,9-11,14H2,(H,28,29). The highest BCUT2D eigenvalue weighted by Gasteiger charge is 2.18. The second kappa shape index (κ2) is 8.65. The van der Waals surface area contributed by atoms with Gasteiger partial charge < -0.3 is 20.1 Å². The number of phenols is 2. The first-order valence-electron chi connectivity index (χ1n) is 10.1. The van der Waals surface area contributed by atoms with Crippen LogP contribution in [0.15, 0.2) is 48.5 Å². The number of hydrogen-bond donors (Lipinski definition) is 3. The number of hydrogen-bond acceptors (Lipinski definition) is 6. The van der Waals surface area contributed by atoms with Crippen LogP contribution in [0.4, 0.5) is 0 Å². The normalized spacial score (nSPS) is 14.1. The second-order valence-corrected chi connectivity index (χ2v) is 7.72. The van der Waals surface area contributed by atoms with E-state index in [0.29, 0.717) is 21.9 Å². The summed E-state index contributed by atoms with van der Waals surface area (Å²) in [6.45, 7) is 2.08. The Bertz CT molecular complexity index is 1130. The van der Waals surface area contributed by atoms with Crippen molar-refractivity contribution >= 4 is 22.7 Å². The maximum absolute atomic E-state index is 12.5. The number of fused-ring (bicyclic) bond motifs is 1. The average molecular weight is 421 g/mol. The summed E-state index contributed by atoms with van der Waals surface area (Å²) >= 11 is 0. The predicted octanol–water partition coefficient (Wildman–Crippen LogP) is 3.75. The minimum absolute atomic E-state index is 0.0725. The van der Waals surface area contributed by atoms with E-state index in [9.17, 15) is 19.8 Å². The van der Waals surface area contributed by atoms with Crippen molar-refractivity contribution < 1.29 is 29.6 Å². The number of carbonyl (C=O) groups excluding carboxylic acids is 1. The van der Waals surface area contributed by atoms with E-state index in [-0.39, 0.29) is 30.2 Å². The molecule has 0 atom stereocenters. The van der Waals surface area contributed by atoms with Gasteiger partial charge in [0.15, 0.2) is 0 Å². The van der Waals surface area contributed by atoms with Gasteiger partial charge in [-0.3, -0.25) is 4.90 Å². The van der Waals surface area contributed by atoms with E-state index in [0.717, 1.165) is 31.5 Å². The predicted molar refractivity (Wildman–Crippen MR) is 115 cm³/mol. The molecule has 7 nitrogen and oxygen atoms in total. The number of benzene rings is 3. The summed E-state index contributed by atoms with van der Waals surface area (Å²) in [4.78, 5) is 25.5. The number of likely N-dealkylation sites (tertiary alicyclic amines) is 1. The van der Waals surface area contributed by atoms with E-state index in [1.54, 1.807) is 30.3 Å². The maximum atomic E-state index is 12.5. The Balaban J connectivity index is 1.59. The van der Waals surface area contributed by atoms with Gasteiger partial charge in [0.25, 0.3) is 0 Å². The van der Waals surface area contributed by atoms with Gasteiger partial charge in [0.05, 0.1) is 11.1 Å². The van der Waals surface area contributed by atoms with Crippen molar-refractivity contribution in [3.8, 4) is 11.5 Å². The molecule has 0 amide bonds. The van der Waals surface area contributed by atoms with Crippen molar-refractivity contribution in [2.75, 3.05) is 19.8 Å². The number of carboxylic acids is 1. The maximum Gasteiger partial charge on any atom is 0.339 e. The van der Waals surface area contributed by atoms with Crippen LogP contribution in [0.5, 0.6) is 11.5 Å². The van der Waals surface area contributed by atoms with Gasteiger partial charge >= 0.3 is 11.9 Å². The Labute approximate surface area is 179 Å². The molecular formula is C24H23NO6. The lowest BCUT2D eigenvalue weighted by atomic mass is 9.97. The number of ether oxygens (including phenoxy) is 1. The Kier molecular flexibility index (Phi) is 5.77. The van der Waals surface area contributed by atoms with Gasteiger partial charge in [-0.1, -0.05) is 18.2 Å². The van der Waals surface area contributed by atoms with E-state index in [4.69, 9.17) is 9.84 Å². The molecule has 0 unspecified atom stereocenters. The molecule has 3 N–H and O–H groups in total. The van der Waals surface area contributed by atoms with Crippen molar-refractivity contribution in [2.24, 2.45) is 0 Å². The summed E-state index contributed by atoms with van der Waals surface area (Å²) < 4.78 is 5.39. The number of carbonyl (C=O) groups is 2. The fourth-order valence-corrected chi connectivity index (χ4v) is 3.82. The average Bonchev–Trinajstić information content (AvgIpc) is 3.29. The van der Waals surface area contributed by atoms with Crippen LogP contribution >= 0.6 is 0 Å². The molecule has 31 heavy (non-hydrogen) atoms. The van der Waals surface area contributed by atoms with Crippen LogP contribution in [-0.2, 0) is 11.2 Å². The fourth-order valence-electron chi connectivity index (χ4n) is 3.82. The first-order chi connectivity index (χ1) is 14.9. The number of carboxylic acid groups (broad SMARTS) is 1. The molecule has 7 heteroatoms. The quantitative estimate of drug-likeness (QED) is 0.520. The Hall–Kier alpha value is -3.58. The van der Waals surface area contributed by atoms with Crippen LogP contribution in [0.2, 0.25) is 0 Å². The summed E-state index contributed by atoms with van der Waals surface area (Å²) in [7, 11) is 0. The largest absolute Gasteiger partial charge is 0.507 e. The lowest BCUT2D eigenvalue weighted by molar-refractivity contribution is 0.0269. The van der Waals surface area contributed by atoms with Crippen molar-refractivity contribution in [1.82, 2.24) is 4.90 Å². The molecule has 1 fully saturated rings. The molecule has 1 heterocycles. The highest BCUT2D eigenvalue weighted by molar-refractivity contribution is 5.98. The van der Waals surface area contributed by atoms with Gasteiger partial charge in [-0.15, -0.1) is 0 Å². The highest BCUT2D eigenvalue weighted by Crippen LogP contribution is 2.37. The third-order valence-corrected chi connectivity index (χ3v) is 5.59. The first-order valence-corrected chi connectivity index (χ1v) is 10.1. The van der Waals surface area contributed by atoms with E-state index < -0.39 is 11.9 Å². The summed E-state index contributed by atoms with van der Waals surface area (Å²) in [6, 6.07) is 12.6. The van der Waals surface area contributed by atoms with Crippen LogP contribution in [0.1, 0.15) is 44.7 Å². The number of phenolic OH excluding ortho intramolecular Hbond substituents is 2. The molecule has 0 spiro atoms. The Morgan fingerprint density at radius 2 is 1.61 bits per heavy atom. The van der Waals surface area contributed by atoms with Gasteiger partial charge in [0.2, 0.25) is 0 Å². The van der Waals surface area contributed by atoms with Crippen LogP contribution in [0, 0.1) is 0 Å². The molecule has 1 aliphatic rings. The molecule has 4 rings (SSSR count). The van der Waals surface area contributed by atoms with Gasteiger partial charge in [0, 0.05) is 30.5 Å². The van der Waals surface area contributed by atoms with Crippen molar-refractivity contribution in [3.63, 3.8) is 0 Å². The molecule has 1 aliphatic heterocycles. The topological polar surface area (TPSA) is 107 Å². The monoisotopic (exact) mass is 421 g/mol. The number of aromatic carboxylic acids is 1. The summed E-state index contributed by atoms with van der Waals surface area (Å²) in [5, 5.41) is 31.3. The van der Waals surface area contributed by atoms with Gasteiger partial charge in [-0.2, -0.15) is 0 Å². The molecule has 3 aromatic rings. The van der Waals surface area contributed by atoms with Crippen molar-refractivity contribution in [3.05, 3.63) is 70.8 Å². The van der Waals surface area contributed by atoms with E-state index >= 15 is 0 Å². The SMILES string of the molecule is O=C(O)c1ccc(Cc2c(O)cc3ccc(C(=O)OCN4CCCC4)cc3c2O)cc1. The summed E-state index contributed by atoms with van der Waals surface area (Å²) in [5.74, 6) is -1.68. The van der Waals surface area contributed by atoms with E-state index in [1.807, 2.05) is 0 Å². The van der Waals surface area contributed by atoms with Crippen LogP contribution < -0.4 is 0 Å². The molecule has 0 bridgehead atoms. The van der Waals surface area contributed by atoms with Crippen LogP contribution in [-0.4, -0.2) is 52.0 Å². The Morgan fingerprint density at radius 3 is 2.29 bits per heavy atom. The number of rotatable bonds is 6. The molecule has 0 radical (unpaired) electrons. The number of nitrogens with zero attached hydrogens (tertiary/aromatic N) is 1. The molecular weight excluding hydrogens is 398 g/mol. The minimum Gasteiger partial charge on any atom is -0.507 e. The van der Waals surface area contributed by atoms with E-state index in [1.165, 1.54) is 18.2 Å². The molecule has 1 saturated heterocycles. The van der Waals surface area contributed by atoms with Gasteiger partial charge in [0.1, 0.15) is 18.2 Å². The molecule has 0 saturated carbocycles. The van der Waals surface area contributed by atoms with E-state index in [2.05, 4.69) is 4.90 Å². The molecule has 3 aromatic carbocycles. The Morgan fingerprint density at radius 1 is 0.935 bits per heavy atom. The lowest BCUT2D eigenvalue weighted by Gasteiger charge is -2.15. The number of esters is 1.